The Morgan fingerprint density at radius 1 is 1.42 bits per heavy atom. The highest BCUT2D eigenvalue weighted by atomic mass is 16.5. The second kappa shape index (κ2) is 5.52. The predicted octanol–water partition coefficient (Wildman–Crippen LogP) is 2.36. The Bertz CT molecular complexity index is 559. The molecule has 4 nitrogen and oxygen atoms in total. The zero-order valence-electron chi connectivity index (χ0n) is 11.0. The lowest BCUT2D eigenvalue weighted by Crippen LogP contribution is -2.30. The highest BCUT2D eigenvalue weighted by Gasteiger charge is 2.28. The van der Waals surface area contributed by atoms with E-state index in [1.165, 1.54) is 7.11 Å². The molecule has 1 unspecified atom stereocenters. The second-order valence-corrected chi connectivity index (χ2v) is 4.19. The lowest BCUT2D eigenvalue weighted by molar-refractivity contribution is -0.136. The maximum absolute atomic E-state index is 11.9. The van der Waals surface area contributed by atoms with E-state index < -0.39 is 0 Å². The molecule has 1 aliphatic rings. The molecular weight excluding hydrogens is 240 g/mol. The highest BCUT2D eigenvalue weighted by molar-refractivity contribution is 5.99. The van der Waals surface area contributed by atoms with E-state index in [4.69, 9.17) is 4.74 Å². The largest absolute Gasteiger partial charge is 0.466 e. The molecule has 0 saturated carbocycles. The van der Waals surface area contributed by atoms with E-state index in [0.717, 1.165) is 11.3 Å². The number of methoxy groups -OCH3 is 1. The van der Waals surface area contributed by atoms with E-state index in [2.05, 4.69) is 16.9 Å². The number of carbonyl (C=O) groups is 1. The van der Waals surface area contributed by atoms with E-state index >= 15 is 0 Å². The van der Waals surface area contributed by atoms with Crippen LogP contribution in [0.1, 0.15) is 18.5 Å². The summed E-state index contributed by atoms with van der Waals surface area (Å²) >= 11 is 0. The maximum atomic E-state index is 11.9. The van der Waals surface area contributed by atoms with Gasteiger partial charge in [0.1, 0.15) is 11.9 Å². The third kappa shape index (κ3) is 2.57. The summed E-state index contributed by atoms with van der Waals surface area (Å²) in [6.45, 7) is 5.54. The van der Waals surface area contributed by atoms with Crippen molar-refractivity contribution in [2.24, 2.45) is 4.99 Å². The van der Waals surface area contributed by atoms with Crippen LogP contribution in [-0.2, 0) is 9.53 Å². The molecule has 0 bridgehead atoms. The number of nitrogens with zero attached hydrogens (tertiary/aromatic N) is 1. The van der Waals surface area contributed by atoms with Gasteiger partial charge in [0.25, 0.3) is 0 Å². The smallest absolute Gasteiger partial charge is 0.338 e. The first kappa shape index (κ1) is 13.1. The molecule has 1 aromatic rings. The van der Waals surface area contributed by atoms with Gasteiger partial charge in [0, 0.05) is 5.70 Å². The van der Waals surface area contributed by atoms with Gasteiger partial charge in [-0.2, -0.15) is 0 Å². The van der Waals surface area contributed by atoms with Crippen molar-refractivity contribution in [2.75, 3.05) is 7.11 Å². The van der Waals surface area contributed by atoms with Crippen molar-refractivity contribution in [3.63, 3.8) is 0 Å². The van der Waals surface area contributed by atoms with Crippen LogP contribution in [0.3, 0.4) is 0 Å². The second-order valence-electron chi connectivity index (χ2n) is 4.19. The summed E-state index contributed by atoms with van der Waals surface area (Å²) in [7, 11) is 1.37. The number of rotatable bonds is 3. The van der Waals surface area contributed by atoms with Gasteiger partial charge in [-0.3, -0.25) is 4.99 Å². The summed E-state index contributed by atoms with van der Waals surface area (Å²) in [6, 6.07) is 9.29. The number of hydrogen-bond donors (Lipinski definition) is 1. The van der Waals surface area contributed by atoms with E-state index in [9.17, 15) is 4.79 Å². The van der Waals surface area contributed by atoms with Crippen LogP contribution in [0.2, 0.25) is 0 Å². The first-order valence-electron chi connectivity index (χ1n) is 5.98. The quantitative estimate of drug-likeness (QED) is 0.845. The molecule has 1 N–H and O–H groups in total. The van der Waals surface area contributed by atoms with Crippen LogP contribution in [0.4, 0.5) is 0 Å². The van der Waals surface area contributed by atoms with Crippen LogP contribution < -0.4 is 5.32 Å². The minimum Gasteiger partial charge on any atom is -0.466 e. The molecule has 2 rings (SSSR count). The lowest BCUT2D eigenvalue weighted by Gasteiger charge is -2.24. The number of allylic oxidation sites excluding steroid dienone is 1. The van der Waals surface area contributed by atoms with Gasteiger partial charge in [0.15, 0.2) is 0 Å². The van der Waals surface area contributed by atoms with Crippen molar-refractivity contribution in [3.8, 4) is 0 Å². The molecule has 0 radical (unpaired) electrons. The molecule has 0 amide bonds. The zero-order chi connectivity index (χ0) is 13.8. The van der Waals surface area contributed by atoms with Crippen LogP contribution in [0.15, 0.2) is 59.2 Å². The lowest BCUT2D eigenvalue weighted by atomic mass is 9.96. The van der Waals surface area contributed by atoms with Gasteiger partial charge in [-0.25, -0.2) is 4.79 Å². The van der Waals surface area contributed by atoms with Crippen LogP contribution in [0.5, 0.6) is 0 Å². The number of esters is 1. The third-order valence-corrected chi connectivity index (χ3v) is 2.98. The molecule has 0 aliphatic carbocycles. The van der Waals surface area contributed by atoms with E-state index in [1.54, 1.807) is 6.08 Å². The van der Waals surface area contributed by atoms with Crippen molar-refractivity contribution < 1.29 is 9.53 Å². The minimum absolute atomic E-state index is 0.358. The van der Waals surface area contributed by atoms with E-state index in [1.807, 2.05) is 37.3 Å². The molecular formula is C15H16N2O2. The first-order valence-corrected chi connectivity index (χ1v) is 5.98. The van der Waals surface area contributed by atoms with Crippen LogP contribution in [0, 0.1) is 0 Å². The number of nitrogens with one attached hydrogen (secondary N) is 1. The topological polar surface area (TPSA) is 50.7 Å². The third-order valence-electron chi connectivity index (χ3n) is 2.98. The minimum atomic E-state index is -0.370. The number of hydrogen-bond acceptors (Lipinski definition) is 4. The summed E-state index contributed by atoms with van der Waals surface area (Å²) in [5.41, 5.74) is 2.22. The molecule has 0 saturated heterocycles. The van der Waals surface area contributed by atoms with Crippen molar-refractivity contribution >= 4 is 11.8 Å². The van der Waals surface area contributed by atoms with Gasteiger partial charge in [-0.15, -0.1) is 0 Å². The molecule has 1 aromatic carbocycles. The molecule has 0 spiro atoms. The molecule has 1 aliphatic heterocycles. The van der Waals surface area contributed by atoms with E-state index in [0.29, 0.717) is 11.4 Å². The van der Waals surface area contributed by atoms with Gasteiger partial charge in [0.2, 0.25) is 0 Å². The normalized spacial score (nSPS) is 18.4. The fourth-order valence-electron chi connectivity index (χ4n) is 2.06. The molecule has 0 fully saturated rings. The Labute approximate surface area is 112 Å². The van der Waals surface area contributed by atoms with Crippen LogP contribution >= 0.6 is 0 Å². The van der Waals surface area contributed by atoms with Gasteiger partial charge in [-0.1, -0.05) is 36.9 Å². The van der Waals surface area contributed by atoms with Gasteiger partial charge < -0.3 is 10.1 Å². The summed E-state index contributed by atoms with van der Waals surface area (Å²) in [5.74, 6) is 0.282. The maximum Gasteiger partial charge on any atom is 0.338 e. The highest BCUT2D eigenvalue weighted by Crippen LogP contribution is 2.31. The molecule has 1 atom stereocenters. The van der Waals surface area contributed by atoms with Crippen molar-refractivity contribution in [1.82, 2.24) is 5.32 Å². The number of aliphatic imine (C=N–C) groups is 1. The molecule has 4 heteroatoms. The average Bonchev–Trinajstić information content (AvgIpc) is 2.46. The van der Waals surface area contributed by atoms with Crippen molar-refractivity contribution in [3.05, 3.63) is 59.8 Å². The summed E-state index contributed by atoms with van der Waals surface area (Å²) in [6.07, 6.45) is 1.63. The zero-order valence-corrected chi connectivity index (χ0v) is 11.0. The Hall–Kier alpha value is -2.36. The summed E-state index contributed by atoms with van der Waals surface area (Å²) in [4.78, 5) is 16.4. The summed E-state index contributed by atoms with van der Waals surface area (Å²) in [5, 5.41) is 3.04. The molecule has 98 valence electrons. The average molecular weight is 256 g/mol. The van der Waals surface area contributed by atoms with Crippen molar-refractivity contribution in [1.29, 1.82) is 0 Å². The summed E-state index contributed by atoms with van der Waals surface area (Å²) < 4.78 is 4.85. The number of amidine groups is 1. The number of ether oxygens (including phenoxy) is 1. The van der Waals surface area contributed by atoms with Gasteiger partial charge in [-0.05, 0) is 18.6 Å². The Morgan fingerprint density at radius 3 is 2.68 bits per heavy atom. The number of carbonyl (C=O) groups excluding carboxylic acids is 1. The van der Waals surface area contributed by atoms with Crippen LogP contribution in [0.25, 0.3) is 0 Å². The van der Waals surface area contributed by atoms with Gasteiger partial charge in [0.05, 0.1) is 12.7 Å². The fourth-order valence-corrected chi connectivity index (χ4v) is 2.06. The monoisotopic (exact) mass is 256 g/mol. The van der Waals surface area contributed by atoms with Crippen molar-refractivity contribution in [2.45, 2.75) is 13.0 Å². The Balaban J connectivity index is 2.50. The number of benzene rings is 1. The standard InChI is InChI=1S/C15H16N2O2/c1-4-12-16-10(2)13(15(18)19-3)14(17-12)11-8-6-5-7-9-11/h4-9,14H,1H2,2-3H3,(H,16,17). The SMILES string of the molecule is C=CC1=NC(c2ccccc2)C(C(=O)OC)=C(C)N1. The predicted molar refractivity (Wildman–Crippen MR) is 74.7 cm³/mol. The molecule has 1 heterocycles. The van der Waals surface area contributed by atoms with Gasteiger partial charge >= 0.3 is 5.97 Å². The fraction of sp³-hybridized carbons (Fsp3) is 0.200. The van der Waals surface area contributed by atoms with E-state index in [-0.39, 0.29) is 12.0 Å². The molecule has 0 aromatic heterocycles. The van der Waals surface area contributed by atoms with Crippen LogP contribution in [-0.4, -0.2) is 18.9 Å². The molecule has 19 heavy (non-hydrogen) atoms. The first-order chi connectivity index (χ1) is 9.17. The Kier molecular flexibility index (Phi) is 3.80. The Morgan fingerprint density at radius 2 is 2.11 bits per heavy atom.